The lowest BCUT2D eigenvalue weighted by Crippen LogP contribution is -2.07. The van der Waals surface area contributed by atoms with Crippen molar-refractivity contribution < 1.29 is 23.1 Å². The Morgan fingerprint density at radius 1 is 1.04 bits per heavy atom. The molecule has 1 rings (SSSR count). The minimum absolute atomic E-state index is 0.0582. The van der Waals surface area contributed by atoms with E-state index in [9.17, 15) is 18.3 Å². The number of hydrogen-bond acceptors (Lipinski definition) is 5. The number of phenols is 1. The van der Waals surface area contributed by atoms with Gasteiger partial charge >= 0.3 is 5.97 Å². The first-order valence-corrected chi connectivity index (χ1v) is 9.82. The van der Waals surface area contributed by atoms with Gasteiger partial charge in [-0.1, -0.05) is 32.3 Å². The smallest absolute Gasteiger partial charge is 0.333 e. The number of phenolic OH excluding ortho intramolecular Hbond substituents is 1. The molecule has 0 bridgehead atoms. The lowest BCUT2D eigenvalue weighted by Gasteiger charge is -2.06. The summed E-state index contributed by atoms with van der Waals surface area (Å²) in [6, 6.07) is 5.62. The molecule has 24 heavy (non-hydrogen) atoms. The molecule has 5 nitrogen and oxygen atoms in total. The van der Waals surface area contributed by atoms with Gasteiger partial charge in [0.2, 0.25) is 0 Å². The lowest BCUT2D eigenvalue weighted by atomic mass is 10.1. The number of carbonyl (C=O) groups excluding carboxylic acids is 1. The van der Waals surface area contributed by atoms with Crippen molar-refractivity contribution >= 4 is 15.8 Å². The van der Waals surface area contributed by atoms with Crippen molar-refractivity contribution in [2.24, 2.45) is 0 Å². The second kappa shape index (κ2) is 10.1. The topological polar surface area (TPSA) is 80.7 Å². The summed E-state index contributed by atoms with van der Waals surface area (Å²) in [5.41, 5.74) is 0.407. The number of unbranched alkanes of at least 4 members (excludes halogenated alkanes) is 5. The molecule has 0 aliphatic heterocycles. The van der Waals surface area contributed by atoms with Crippen LogP contribution < -0.4 is 0 Å². The number of aromatic hydroxyl groups is 1. The van der Waals surface area contributed by atoms with Crippen LogP contribution in [0.1, 0.15) is 45.4 Å². The molecule has 0 spiro atoms. The summed E-state index contributed by atoms with van der Waals surface area (Å²) in [7, 11) is -3.27. The van der Waals surface area contributed by atoms with Gasteiger partial charge in [0.15, 0.2) is 9.84 Å². The Morgan fingerprint density at radius 2 is 1.58 bits per heavy atom. The largest absolute Gasteiger partial charge is 0.508 e. The zero-order valence-electron chi connectivity index (χ0n) is 14.2. The second-order valence-corrected chi connectivity index (χ2v) is 7.96. The van der Waals surface area contributed by atoms with E-state index in [0.29, 0.717) is 18.6 Å². The number of carbonyl (C=O) groups is 1. The molecule has 134 valence electrons. The van der Waals surface area contributed by atoms with Gasteiger partial charge in [-0.2, -0.15) is 0 Å². The molecule has 0 saturated heterocycles. The van der Waals surface area contributed by atoms with Gasteiger partial charge in [-0.05, 0) is 44.0 Å². The third-order valence-electron chi connectivity index (χ3n) is 3.58. The van der Waals surface area contributed by atoms with Gasteiger partial charge in [-0.25, -0.2) is 13.2 Å². The normalized spacial score (nSPS) is 11.2. The van der Waals surface area contributed by atoms with E-state index in [2.05, 4.69) is 6.58 Å². The van der Waals surface area contributed by atoms with Gasteiger partial charge in [0.1, 0.15) is 5.75 Å². The van der Waals surface area contributed by atoms with E-state index >= 15 is 0 Å². The van der Waals surface area contributed by atoms with Gasteiger partial charge in [-0.15, -0.1) is 0 Å². The Bertz CT molecular complexity index is 632. The fourth-order valence-corrected chi connectivity index (χ4v) is 3.53. The minimum Gasteiger partial charge on any atom is -0.508 e. The highest BCUT2D eigenvalue weighted by molar-refractivity contribution is 7.91. The number of esters is 1. The molecule has 0 heterocycles. The molecule has 0 amide bonds. The molecule has 0 unspecified atom stereocenters. The molecule has 1 N–H and O–H groups in total. The van der Waals surface area contributed by atoms with E-state index in [-0.39, 0.29) is 22.4 Å². The fraction of sp³-hybridized carbons (Fsp3) is 0.500. The number of rotatable bonds is 11. The monoisotopic (exact) mass is 354 g/mol. The summed E-state index contributed by atoms with van der Waals surface area (Å²) in [6.45, 7) is 5.54. The maximum absolute atomic E-state index is 12.1. The molecule has 0 atom stereocenters. The Morgan fingerprint density at radius 3 is 2.17 bits per heavy atom. The van der Waals surface area contributed by atoms with E-state index in [0.717, 1.165) is 32.1 Å². The molecular formula is C18H26O5S. The minimum atomic E-state index is -3.27. The van der Waals surface area contributed by atoms with Crippen LogP contribution in [-0.2, 0) is 19.4 Å². The Kier molecular flexibility index (Phi) is 8.54. The average molecular weight is 354 g/mol. The number of hydrogen-bond donors (Lipinski definition) is 1. The van der Waals surface area contributed by atoms with Crippen LogP contribution in [0.2, 0.25) is 0 Å². The van der Waals surface area contributed by atoms with Crippen molar-refractivity contribution in [2.45, 2.75) is 50.3 Å². The zero-order chi connectivity index (χ0) is 18.0. The first-order valence-electron chi connectivity index (χ1n) is 8.17. The molecular weight excluding hydrogens is 328 g/mol. The zero-order valence-corrected chi connectivity index (χ0v) is 15.0. The number of ether oxygens (including phenoxy) is 1. The Hall–Kier alpha value is -1.82. The predicted octanol–water partition coefficient (Wildman–Crippen LogP) is 3.63. The van der Waals surface area contributed by atoms with Gasteiger partial charge < -0.3 is 9.84 Å². The van der Waals surface area contributed by atoms with Crippen LogP contribution in [0.25, 0.3) is 0 Å². The van der Waals surface area contributed by atoms with Crippen LogP contribution in [-0.4, -0.2) is 31.9 Å². The summed E-state index contributed by atoms with van der Waals surface area (Å²) in [5, 5.41) is 9.19. The number of benzene rings is 1. The van der Waals surface area contributed by atoms with Crippen LogP contribution in [0.15, 0.2) is 41.3 Å². The summed E-state index contributed by atoms with van der Waals surface area (Å²) >= 11 is 0. The summed E-state index contributed by atoms with van der Waals surface area (Å²) < 4.78 is 29.2. The molecule has 0 aliphatic rings. The maximum atomic E-state index is 12.1. The summed E-state index contributed by atoms with van der Waals surface area (Å²) in [4.78, 5) is 11.4. The molecule has 0 aromatic heterocycles. The van der Waals surface area contributed by atoms with Crippen molar-refractivity contribution in [1.82, 2.24) is 0 Å². The highest BCUT2D eigenvalue weighted by atomic mass is 32.2. The van der Waals surface area contributed by atoms with Crippen LogP contribution in [0.3, 0.4) is 0 Å². The fourth-order valence-electron chi connectivity index (χ4n) is 2.16. The first-order chi connectivity index (χ1) is 11.3. The van der Waals surface area contributed by atoms with Crippen molar-refractivity contribution in [1.29, 1.82) is 0 Å². The maximum Gasteiger partial charge on any atom is 0.333 e. The van der Waals surface area contributed by atoms with Crippen molar-refractivity contribution in [3.63, 3.8) is 0 Å². The summed E-state index contributed by atoms with van der Waals surface area (Å²) in [6.07, 6.45) is 5.18. The van der Waals surface area contributed by atoms with Gasteiger partial charge in [-0.3, -0.25) is 0 Å². The van der Waals surface area contributed by atoms with E-state index in [1.165, 1.54) is 24.3 Å². The van der Waals surface area contributed by atoms with E-state index in [1.807, 2.05) is 0 Å². The highest BCUT2D eigenvalue weighted by Crippen LogP contribution is 2.17. The Labute approximate surface area is 144 Å². The highest BCUT2D eigenvalue weighted by Gasteiger charge is 2.13. The van der Waals surface area contributed by atoms with E-state index in [4.69, 9.17) is 4.74 Å². The summed E-state index contributed by atoms with van der Waals surface area (Å²) in [5.74, 6) is -0.175. The molecule has 6 heteroatoms. The number of sulfone groups is 1. The van der Waals surface area contributed by atoms with Crippen molar-refractivity contribution in [3.05, 3.63) is 36.4 Å². The predicted molar refractivity (Wildman–Crippen MR) is 93.6 cm³/mol. The third kappa shape index (κ3) is 7.64. The van der Waals surface area contributed by atoms with Crippen LogP contribution in [0.4, 0.5) is 0 Å². The molecule has 1 aromatic rings. The average Bonchev–Trinajstić information content (AvgIpc) is 2.53. The van der Waals surface area contributed by atoms with E-state index < -0.39 is 9.84 Å². The van der Waals surface area contributed by atoms with Gasteiger partial charge in [0.25, 0.3) is 0 Å². The van der Waals surface area contributed by atoms with Gasteiger partial charge in [0.05, 0.1) is 17.3 Å². The molecule has 1 aromatic carbocycles. The molecule has 0 saturated carbocycles. The van der Waals surface area contributed by atoms with Crippen LogP contribution >= 0.6 is 0 Å². The van der Waals surface area contributed by atoms with Crippen molar-refractivity contribution in [3.8, 4) is 5.75 Å². The van der Waals surface area contributed by atoms with Crippen LogP contribution in [0.5, 0.6) is 5.75 Å². The molecule has 0 radical (unpaired) electrons. The standard InChI is InChI=1S/C18H26O5S/c1-15(2)18(20)23-13-7-5-3-4-6-8-14-24(21,22)17-11-9-16(19)10-12-17/h9-12,19H,1,3-8,13-14H2,2H3. The quantitative estimate of drug-likeness (QED) is 0.373. The third-order valence-corrected chi connectivity index (χ3v) is 5.40. The van der Waals surface area contributed by atoms with E-state index in [1.54, 1.807) is 6.92 Å². The van der Waals surface area contributed by atoms with Crippen LogP contribution in [0, 0.1) is 0 Å². The van der Waals surface area contributed by atoms with Gasteiger partial charge in [0, 0.05) is 5.57 Å². The molecule has 0 aliphatic carbocycles. The van der Waals surface area contributed by atoms with Crippen molar-refractivity contribution in [2.75, 3.05) is 12.4 Å². The Balaban J connectivity index is 2.10. The molecule has 0 fully saturated rings. The first kappa shape index (κ1) is 20.2. The SMILES string of the molecule is C=C(C)C(=O)OCCCCCCCCS(=O)(=O)c1ccc(O)cc1. The lowest BCUT2D eigenvalue weighted by molar-refractivity contribution is -0.139. The second-order valence-electron chi connectivity index (χ2n) is 5.85.